The fourth-order valence-corrected chi connectivity index (χ4v) is 1.39. The second-order valence-corrected chi connectivity index (χ2v) is 3.63. The second kappa shape index (κ2) is 9.81. The van der Waals surface area contributed by atoms with Crippen molar-refractivity contribution in [2.45, 2.75) is 65.4 Å². The lowest BCUT2D eigenvalue weighted by molar-refractivity contribution is 0.0308. The minimum Gasteiger partial charge on any atom is -0.431 e. The summed E-state index contributed by atoms with van der Waals surface area (Å²) < 4.78 is 9.85. The van der Waals surface area contributed by atoms with Crippen molar-refractivity contribution >= 4 is 6.16 Å². The molecular formula is C12H23O3. The third kappa shape index (κ3) is 8.28. The Kier molecular flexibility index (Phi) is 9.33. The van der Waals surface area contributed by atoms with Gasteiger partial charge in [0.05, 0.1) is 0 Å². The van der Waals surface area contributed by atoms with Crippen LogP contribution in [0.15, 0.2) is 0 Å². The summed E-state index contributed by atoms with van der Waals surface area (Å²) in [6, 6.07) is 0. The Bertz CT molecular complexity index is 149. The van der Waals surface area contributed by atoms with Crippen LogP contribution in [0.25, 0.3) is 0 Å². The van der Waals surface area contributed by atoms with Gasteiger partial charge in [0.15, 0.2) is 0 Å². The van der Waals surface area contributed by atoms with Gasteiger partial charge >= 0.3 is 6.16 Å². The van der Waals surface area contributed by atoms with Crippen molar-refractivity contribution in [1.82, 2.24) is 0 Å². The van der Waals surface area contributed by atoms with Gasteiger partial charge in [0.2, 0.25) is 0 Å². The van der Waals surface area contributed by atoms with E-state index in [0.717, 1.165) is 38.5 Å². The zero-order valence-corrected chi connectivity index (χ0v) is 10.1. The quantitative estimate of drug-likeness (QED) is 0.572. The van der Waals surface area contributed by atoms with Crippen LogP contribution >= 0.6 is 0 Å². The molecule has 0 N–H and O–H groups in total. The predicted octanol–water partition coefficient (Wildman–Crippen LogP) is 4.07. The van der Waals surface area contributed by atoms with E-state index in [4.69, 9.17) is 4.74 Å². The first-order valence-corrected chi connectivity index (χ1v) is 5.89. The van der Waals surface area contributed by atoms with Crippen LogP contribution in [0, 0.1) is 6.61 Å². The monoisotopic (exact) mass is 215 g/mol. The molecule has 0 aromatic carbocycles. The number of carbonyl (C=O) groups is 1. The normalized spacial score (nSPS) is 10.4. The van der Waals surface area contributed by atoms with Crippen molar-refractivity contribution in [3.8, 4) is 0 Å². The highest BCUT2D eigenvalue weighted by Gasteiger charge is 2.14. The van der Waals surface area contributed by atoms with Crippen molar-refractivity contribution in [3.05, 3.63) is 6.61 Å². The molecule has 3 heteroatoms. The zero-order valence-electron chi connectivity index (χ0n) is 10.1. The van der Waals surface area contributed by atoms with Crippen molar-refractivity contribution < 1.29 is 14.3 Å². The molecule has 89 valence electrons. The molecule has 0 amide bonds. The van der Waals surface area contributed by atoms with Gasteiger partial charge in [0, 0.05) is 0 Å². The SMILES string of the molecule is C[CH]OC(=O)OC(CCCC)CCCC. The maximum Gasteiger partial charge on any atom is 0.508 e. The van der Waals surface area contributed by atoms with Gasteiger partial charge in [-0.25, -0.2) is 4.79 Å². The van der Waals surface area contributed by atoms with E-state index < -0.39 is 6.16 Å². The van der Waals surface area contributed by atoms with Crippen LogP contribution in [0.3, 0.4) is 0 Å². The van der Waals surface area contributed by atoms with Crippen molar-refractivity contribution in [2.75, 3.05) is 0 Å². The molecule has 0 aliphatic heterocycles. The molecule has 0 heterocycles. The van der Waals surface area contributed by atoms with Crippen LogP contribution in [-0.2, 0) is 9.47 Å². The van der Waals surface area contributed by atoms with Crippen LogP contribution in [-0.4, -0.2) is 12.3 Å². The summed E-state index contributed by atoms with van der Waals surface area (Å²) in [6.45, 7) is 7.28. The molecule has 0 fully saturated rings. The number of hydrogen-bond donors (Lipinski definition) is 0. The highest BCUT2D eigenvalue weighted by Crippen LogP contribution is 2.13. The van der Waals surface area contributed by atoms with Gasteiger partial charge in [-0.05, 0) is 19.8 Å². The van der Waals surface area contributed by atoms with Gasteiger partial charge in [-0.1, -0.05) is 39.5 Å². The van der Waals surface area contributed by atoms with Gasteiger partial charge in [-0.15, -0.1) is 0 Å². The number of ether oxygens (including phenoxy) is 2. The second-order valence-electron chi connectivity index (χ2n) is 3.63. The minimum atomic E-state index is -0.574. The Morgan fingerprint density at radius 2 is 1.73 bits per heavy atom. The van der Waals surface area contributed by atoms with E-state index in [1.807, 2.05) is 0 Å². The van der Waals surface area contributed by atoms with Gasteiger partial charge in [0.25, 0.3) is 0 Å². The maximum atomic E-state index is 11.1. The molecule has 15 heavy (non-hydrogen) atoms. The Labute approximate surface area is 93.1 Å². The molecule has 1 radical (unpaired) electrons. The Morgan fingerprint density at radius 1 is 1.20 bits per heavy atom. The lowest BCUT2D eigenvalue weighted by atomic mass is 10.1. The number of rotatable bonds is 8. The van der Waals surface area contributed by atoms with Crippen LogP contribution in [0.5, 0.6) is 0 Å². The van der Waals surface area contributed by atoms with Crippen LogP contribution < -0.4 is 0 Å². The largest absolute Gasteiger partial charge is 0.508 e. The van der Waals surface area contributed by atoms with Gasteiger partial charge in [-0.3, -0.25) is 0 Å². The van der Waals surface area contributed by atoms with Crippen molar-refractivity contribution in [2.24, 2.45) is 0 Å². The maximum absolute atomic E-state index is 11.1. The Morgan fingerprint density at radius 3 is 2.13 bits per heavy atom. The fourth-order valence-electron chi connectivity index (χ4n) is 1.39. The van der Waals surface area contributed by atoms with Gasteiger partial charge in [0.1, 0.15) is 12.7 Å². The minimum absolute atomic E-state index is 0.0253. The third-order valence-electron chi connectivity index (χ3n) is 2.24. The van der Waals surface area contributed by atoms with E-state index in [0.29, 0.717) is 0 Å². The first-order valence-electron chi connectivity index (χ1n) is 5.89. The number of hydrogen-bond acceptors (Lipinski definition) is 3. The zero-order chi connectivity index (χ0) is 11.5. The summed E-state index contributed by atoms with van der Waals surface area (Å²) in [6.07, 6.45) is 5.77. The standard InChI is InChI=1S/C12H23O3/c1-4-7-9-11(10-8-5-2)15-12(13)14-6-3/h6,11H,4-5,7-10H2,1-3H3. The first kappa shape index (κ1) is 14.3. The van der Waals surface area contributed by atoms with Crippen LogP contribution in [0.2, 0.25) is 0 Å². The average Bonchev–Trinajstić information content (AvgIpc) is 2.22. The van der Waals surface area contributed by atoms with Crippen LogP contribution in [0.1, 0.15) is 59.3 Å². The van der Waals surface area contributed by atoms with Gasteiger partial charge < -0.3 is 9.47 Å². The van der Waals surface area contributed by atoms with E-state index in [1.165, 1.54) is 6.61 Å². The van der Waals surface area contributed by atoms with Crippen LogP contribution in [0.4, 0.5) is 4.79 Å². The topological polar surface area (TPSA) is 35.5 Å². The van der Waals surface area contributed by atoms with E-state index in [2.05, 4.69) is 18.6 Å². The molecule has 0 unspecified atom stereocenters. The smallest absolute Gasteiger partial charge is 0.431 e. The molecule has 0 aromatic heterocycles. The number of unbranched alkanes of at least 4 members (excludes halogenated alkanes) is 2. The van der Waals surface area contributed by atoms with Gasteiger partial charge in [-0.2, -0.15) is 0 Å². The lowest BCUT2D eigenvalue weighted by Crippen LogP contribution is -2.18. The molecule has 0 atom stereocenters. The highest BCUT2D eigenvalue weighted by molar-refractivity contribution is 5.60. The molecule has 3 nitrogen and oxygen atoms in total. The molecule has 0 aromatic rings. The summed E-state index contributed by atoms with van der Waals surface area (Å²) in [5.74, 6) is 0. The molecule has 0 aliphatic rings. The predicted molar refractivity (Wildman–Crippen MR) is 60.4 cm³/mol. The lowest BCUT2D eigenvalue weighted by Gasteiger charge is -2.16. The molecule has 0 bridgehead atoms. The van der Waals surface area contributed by atoms with E-state index in [-0.39, 0.29) is 6.10 Å². The Hall–Kier alpha value is -0.730. The van der Waals surface area contributed by atoms with E-state index in [9.17, 15) is 4.79 Å². The Balaban J connectivity index is 3.82. The molecule has 0 rings (SSSR count). The highest BCUT2D eigenvalue weighted by atomic mass is 16.7. The summed E-state index contributed by atoms with van der Waals surface area (Å²) in [5.41, 5.74) is 0. The van der Waals surface area contributed by atoms with E-state index in [1.54, 1.807) is 6.92 Å². The summed E-state index contributed by atoms with van der Waals surface area (Å²) in [7, 11) is 0. The van der Waals surface area contributed by atoms with Crippen molar-refractivity contribution in [3.63, 3.8) is 0 Å². The molecular weight excluding hydrogens is 192 g/mol. The summed E-state index contributed by atoms with van der Waals surface area (Å²) >= 11 is 0. The fraction of sp³-hybridized carbons (Fsp3) is 0.833. The first-order chi connectivity index (χ1) is 7.24. The van der Waals surface area contributed by atoms with E-state index >= 15 is 0 Å². The van der Waals surface area contributed by atoms with Crippen molar-refractivity contribution in [1.29, 1.82) is 0 Å². The average molecular weight is 215 g/mol. The number of carbonyl (C=O) groups excluding carboxylic acids is 1. The summed E-state index contributed by atoms with van der Waals surface area (Å²) in [4.78, 5) is 11.1. The molecule has 0 spiro atoms. The molecule has 0 aliphatic carbocycles. The molecule has 0 saturated carbocycles. The third-order valence-corrected chi connectivity index (χ3v) is 2.24. The molecule has 0 saturated heterocycles. The summed E-state index contributed by atoms with van der Waals surface area (Å²) in [5, 5.41) is 0.